The average molecular weight is 310 g/mol. The van der Waals surface area contributed by atoms with Crippen LogP contribution in [0.25, 0.3) is 6.08 Å². The highest BCUT2D eigenvalue weighted by atomic mass is 16.5. The average Bonchev–Trinajstić information content (AvgIpc) is 2.60. The maximum atomic E-state index is 11.8. The van der Waals surface area contributed by atoms with Gasteiger partial charge in [-0.05, 0) is 42.8 Å². The van der Waals surface area contributed by atoms with E-state index in [4.69, 9.17) is 4.74 Å². The first-order chi connectivity index (χ1) is 11.1. The molecule has 0 saturated carbocycles. The first-order valence-electron chi connectivity index (χ1n) is 7.22. The molecule has 0 saturated heterocycles. The smallest absolute Gasteiger partial charge is 0.331 e. The number of esters is 1. The van der Waals surface area contributed by atoms with Crippen LogP contribution in [0.5, 0.6) is 0 Å². The van der Waals surface area contributed by atoms with Crippen LogP contribution in [0.1, 0.15) is 34.6 Å². The van der Waals surface area contributed by atoms with Gasteiger partial charge in [0.15, 0.2) is 0 Å². The Kier molecular flexibility index (Phi) is 5.63. The second-order valence-corrected chi connectivity index (χ2v) is 4.87. The minimum Gasteiger partial charge on any atom is -0.453 e. The van der Waals surface area contributed by atoms with Crippen molar-refractivity contribution >= 4 is 18.0 Å². The van der Waals surface area contributed by atoms with Crippen LogP contribution in [-0.4, -0.2) is 23.9 Å². The van der Waals surface area contributed by atoms with E-state index in [1.807, 2.05) is 6.07 Å². The van der Waals surface area contributed by atoms with Gasteiger partial charge in [0.25, 0.3) is 5.91 Å². The van der Waals surface area contributed by atoms with Crippen molar-refractivity contribution in [3.63, 3.8) is 0 Å². The van der Waals surface area contributed by atoms with Gasteiger partial charge in [-0.1, -0.05) is 18.2 Å². The Morgan fingerprint density at radius 2 is 1.91 bits per heavy atom. The molecule has 23 heavy (non-hydrogen) atoms. The van der Waals surface area contributed by atoms with E-state index in [-0.39, 0.29) is 5.91 Å². The van der Waals surface area contributed by atoms with E-state index in [2.05, 4.69) is 10.3 Å². The number of nitrogens with zero attached hydrogens (tertiary/aromatic N) is 1. The number of benzene rings is 1. The normalized spacial score (nSPS) is 11.9. The minimum absolute atomic E-state index is 0.149. The van der Waals surface area contributed by atoms with Crippen molar-refractivity contribution in [3.8, 4) is 0 Å². The lowest BCUT2D eigenvalue weighted by Crippen LogP contribution is -2.17. The van der Waals surface area contributed by atoms with Crippen molar-refractivity contribution in [2.45, 2.75) is 13.0 Å². The maximum absolute atomic E-state index is 11.8. The lowest BCUT2D eigenvalue weighted by Gasteiger charge is -2.10. The molecular formula is C18H18N2O3. The van der Waals surface area contributed by atoms with Gasteiger partial charge in [-0.2, -0.15) is 0 Å². The first kappa shape index (κ1) is 16.4. The predicted molar refractivity (Wildman–Crippen MR) is 87.6 cm³/mol. The molecule has 0 radical (unpaired) electrons. The second kappa shape index (κ2) is 7.89. The lowest BCUT2D eigenvalue weighted by molar-refractivity contribution is -0.142. The fourth-order valence-corrected chi connectivity index (χ4v) is 1.94. The van der Waals surface area contributed by atoms with Crippen molar-refractivity contribution < 1.29 is 14.3 Å². The van der Waals surface area contributed by atoms with Crippen LogP contribution in [0, 0.1) is 0 Å². The first-order valence-corrected chi connectivity index (χ1v) is 7.22. The van der Waals surface area contributed by atoms with Crippen LogP contribution in [0.2, 0.25) is 0 Å². The number of ether oxygens (including phenoxy) is 1. The predicted octanol–water partition coefficient (Wildman–Crippen LogP) is 2.76. The zero-order valence-corrected chi connectivity index (χ0v) is 13.0. The number of amides is 1. The van der Waals surface area contributed by atoms with Gasteiger partial charge in [0.05, 0.1) is 5.69 Å². The van der Waals surface area contributed by atoms with Crippen LogP contribution in [0.15, 0.2) is 54.7 Å². The summed E-state index contributed by atoms with van der Waals surface area (Å²) < 4.78 is 5.29. The largest absolute Gasteiger partial charge is 0.453 e. The summed E-state index contributed by atoms with van der Waals surface area (Å²) in [5, 5.41) is 2.55. The number of hydrogen-bond donors (Lipinski definition) is 1. The summed E-state index contributed by atoms with van der Waals surface area (Å²) in [6.07, 6.45) is 4.24. The molecule has 0 unspecified atom stereocenters. The van der Waals surface area contributed by atoms with Crippen molar-refractivity contribution in [1.82, 2.24) is 10.3 Å². The molecule has 0 aliphatic heterocycles. The van der Waals surface area contributed by atoms with Crippen LogP contribution < -0.4 is 5.32 Å². The molecule has 1 aromatic heterocycles. The van der Waals surface area contributed by atoms with Crippen LogP contribution in [0.4, 0.5) is 0 Å². The van der Waals surface area contributed by atoms with E-state index >= 15 is 0 Å². The van der Waals surface area contributed by atoms with E-state index < -0.39 is 12.1 Å². The molecule has 0 aliphatic rings. The fraction of sp³-hybridized carbons (Fsp3) is 0.167. The molecule has 5 nitrogen and oxygen atoms in total. The van der Waals surface area contributed by atoms with Gasteiger partial charge in [-0.25, -0.2) is 4.79 Å². The Morgan fingerprint density at radius 1 is 1.17 bits per heavy atom. The van der Waals surface area contributed by atoms with Gasteiger partial charge >= 0.3 is 5.97 Å². The lowest BCUT2D eigenvalue weighted by atomic mass is 10.1. The van der Waals surface area contributed by atoms with Gasteiger partial charge in [-0.15, -0.1) is 0 Å². The van der Waals surface area contributed by atoms with E-state index in [0.717, 1.165) is 5.56 Å². The standard InChI is InChI=1S/C18H18N2O3/c1-13(16-5-3-4-12-20-16)23-17(21)11-8-14-6-9-15(10-7-14)18(22)19-2/h3-13H,1-2H3,(H,19,22)/b11-8+/t13-/m0/s1. The monoisotopic (exact) mass is 310 g/mol. The molecule has 1 aromatic carbocycles. The molecule has 1 heterocycles. The molecule has 1 N–H and O–H groups in total. The summed E-state index contributed by atoms with van der Waals surface area (Å²) >= 11 is 0. The molecule has 118 valence electrons. The summed E-state index contributed by atoms with van der Waals surface area (Å²) in [6.45, 7) is 1.77. The van der Waals surface area contributed by atoms with E-state index in [1.54, 1.807) is 62.6 Å². The van der Waals surface area contributed by atoms with Crippen LogP contribution >= 0.6 is 0 Å². The Bertz CT molecular complexity index is 694. The Hall–Kier alpha value is -2.95. The highest BCUT2D eigenvalue weighted by Crippen LogP contribution is 2.14. The highest BCUT2D eigenvalue weighted by Gasteiger charge is 2.10. The Balaban J connectivity index is 1.94. The van der Waals surface area contributed by atoms with Crippen LogP contribution in [-0.2, 0) is 9.53 Å². The second-order valence-electron chi connectivity index (χ2n) is 4.87. The number of rotatable bonds is 5. The summed E-state index contributed by atoms with van der Waals surface area (Å²) in [7, 11) is 1.58. The van der Waals surface area contributed by atoms with Gasteiger partial charge in [0.1, 0.15) is 6.10 Å². The zero-order chi connectivity index (χ0) is 16.7. The molecule has 5 heteroatoms. The van der Waals surface area contributed by atoms with Crippen LogP contribution in [0.3, 0.4) is 0 Å². The number of aromatic nitrogens is 1. The highest BCUT2D eigenvalue weighted by molar-refractivity contribution is 5.94. The molecule has 0 spiro atoms. The summed E-state index contributed by atoms with van der Waals surface area (Å²) in [5.41, 5.74) is 2.07. The molecular weight excluding hydrogens is 292 g/mol. The summed E-state index contributed by atoms with van der Waals surface area (Å²) in [5.74, 6) is -0.595. The van der Waals surface area contributed by atoms with Gasteiger partial charge in [0.2, 0.25) is 0 Å². The number of nitrogens with one attached hydrogen (secondary N) is 1. The topological polar surface area (TPSA) is 68.3 Å². The third-order valence-electron chi connectivity index (χ3n) is 3.21. The number of hydrogen-bond acceptors (Lipinski definition) is 4. The molecule has 0 fully saturated rings. The molecule has 0 aliphatic carbocycles. The number of carbonyl (C=O) groups is 2. The van der Waals surface area contributed by atoms with Gasteiger partial charge in [-0.3, -0.25) is 9.78 Å². The van der Waals surface area contributed by atoms with E-state index in [9.17, 15) is 9.59 Å². The third-order valence-corrected chi connectivity index (χ3v) is 3.21. The zero-order valence-electron chi connectivity index (χ0n) is 13.0. The van der Waals surface area contributed by atoms with Crippen molar-refractivity contribution in [3.05, 3.63) is 71.6 Å². The molecule has 2 aromatic rings. The SMILES string of the molecule is CNC(=O)c1ccc(/C=C/C(=O)O[C@@H](C)c2ccccn2)cc1. The third kappa shape index (κ3) is 4.78. The molecule has 1 atom stereocenters. The molecule has 1 amide bonds. The Morgan fingerprint density at radius 3 is 2.52 bits per heavy atom. The Labute approximate surface area is 135 Å². The molecule has 2 rings (SSSR count). The minimum atomic E-state index is -0.446. The summed E-state index contributed by atoms with van der Waals surface area (Å²) in [4.78, 5) is 27.4. The number of pyridine rings is 1. The van der Waals surface area contributed by atoms with Gasteiger partial charge < -0.3 is 10.1 Å². The summed E-state index contributed by atoms with van der Waals surface area (Å²) in [6, 6.07) is 12.4. The number of carbonyl (C=O) groups excluding carboxylic acids is 2. The van der Waals surface area contributed by atoms with Crippen molar-refractivity contribution in [1.29, 1.82) is 0 Å². The van der Waals surface area contributed by atoms with E-state index in [1.165, 1.54) is 6.08 Å². The quantitative estimate of drug-likeness (QED) is 0.681. The van der Waals surface area contributed by atoms with Gasteiger partial charge in [0, 0.05) is 24.9 Å². The van der Waals surface area contributed by atoms with Crippen molar-refractivity contribution in [2.75, 3.05) is 7.05 Å². The maximum Gasteiger partial charge on any atom is 0.331 e. The fourth-order valence-electron chi connectivity index (χ4n) is 1.94. The van der Waals surface area contributed by atoms with Crippen molar-refractivity contribution in [2.24, 2.45) is 0 Å². The molecule has 0 bridgehead atoms. The van der Waals surface area contributed by atoms with E-state index in [0.29, 0.717) is 11.3 Å².